The largest absolute Gasteiger partial charge is 0.481 e. The summed E-state index contributed by atoms with van der Waals surface area (Å²) in [4.78, 5) is 22.8. The van der Waals surface area contributed by atoms with Crippen molar-refractivity contribution in [3.63, 3.8) is 0 Å². The number of carboxylic acid groups (broad SMARTS) is 1. The van der Waals surface area contributed by atoms with Gasteiger partial charge < -0.3 is 16.2 Å². The molecule has 0 aliphatic heterocycles. The molecule has 0 bridgehead atoms. The Morgan fingerprint density at radius 2 is 1.80 bits per heavy atom. The zero-order valence-corrected chi connectivity index (χ0v) is 13.2. The first-order chi connectivity index (χ1) is 9.31. The lowest BCUT2D eigenvalue weighted by Crippen LogP contribution is -2.46. The second kappa shape index (κ2) is 9.75. The molecule has 0 aliphatic carbocycles. The van der Waals surface area contributed by atoms with Gasteiger partial charge in [-0.1, -0.05) is 40.5 Å². The molecule has 0 heterocycles. The van der Waals surface area contributed by atoms with E-state index in [-0.39, 0.29) is 24.2 Å². The average Bonchev–Trinajstić information content (AvgIpc) is 2.41. The van der Waals surface area contributed by atoms with Gasteiger partial charge in [-0.2, -0.15) is 0 Å². The van der Waals surface area contributed by atoms with Crippen molar-refractivity contribution in [1.82, 2.24) is 5.32 Å². The van der Waals surface area contributed by atoms with Crippen LogP contribution >= 0.6 is 0 Å². The smallest absolute Gasteiger partial charge is 0.303 e. The minimum absolute atomic E-state index is 0.0319. The van der Waals surface area contributed by atoms with Crippen molar-refractivity contribution in [2.24, 2.45) is 23.5 Å². The normalized spacial score (nSPS) is 17.1. The highest BCUT2D eigenvalue weighted by molar-refractivity contribution is 5.81. The van der Waals surface area contributed by atoms with Gasteiger partial charge in [0.15, 0.2) is 0 Å². The molecule has 0 aromatic heterocycles. The van der Waals surface area contributed by atoms with Gasteiger partial charge in [0.2, 0.25) is 5.91 Å². The SMILES string of the molecule is CCC(C)CC(CNC(=O)[C@@H](N)C(C)CC)CC(=O)O. The van der Waals surface area contributed by atoms with Crippen LogP contribution in [0.15, 0.2) is 0 Å². The quantitative estimate of drug-likeness (QED) is 0.572. The number of hydrogen-bond acceptors (Lipinski definition) is 3. The predicted octanol–water partition coefficient (Wildman–Crippen LogP) is 2.00. The number of carbonyl (C=O) groups is 2. The Morgan fingerprint density at radius 3 is 2.25 bits per heavy atom. The molecule has 1 amide bonds. The maximum absolute atomic E-state index is 11.9. The molecule has 0 aromatic rings. The van der Waals surface area contributed by atoms with Crippen molar-refractivity contribution >= 4 is 11.9 Å². The Labute approximate surface area is 122 Å². The first-order valence-corrected chi connectivity index (χ1v) is 7.56. The van der Waals surface area contributed by atoms with Gasteiger partial charge in [-0.25, -0.2) is 0 Å². The molecule has 0 spiro atoms. The third kappa shape index (κ3) is 7.48. The van der Waals surface area contributed by atoms with E-state index < -0.39 is 12.0 Å². The van der Waals surface area contributed by atoms with Crippen LogP contribution < -0.4 is 11.1 Å². The number of nitrogens with one attached hydrogen (secondary N) is 1. The zero-order chi connectivity index (χ0) is 15.7. The highest BCUT2D eigenvalue weighted by Crippen LogP contribution is 2.18. The van der Waals surface area contributed by atoms with Crippen molar-refractivity contribution in [2.75, 3.05) is 6.54 Å². The van der Waals surface area contributed by atoms with Crippen molar-refractivity contribution in [1.29, 1.82) is 0 Å². The van der Waals surface area contributed by atoms with E-state index in [9.17, 15) is 9.59 Å². The van der Waals surface area contributed by atoms with Crippen molar-refractivity contribution in [3.8, 4) is 0 Å². The fourth-order valence-electron chi connectivity index (χ4n) is 2.10. The van der Waals surface area contributed by atoms with Crippen molar-refractivity contribution in [3.05, 3.63) is 0 Å². The van der Waals surface area contributed by atoms with Crippen LogP contribution in [0.1, 0.15) is 53.4 Å². The fourth-order valence-corrected chi connectivity index (χ4v) is 2.10. The lowest BCUT2D eigenvalue weighted by molar-refractivity contribution is -0.138. The first-order valence-electron chi connectivity index (χ1n) is 7.56. The van der Waals surface area contributed by atoms with Crippen molar-refractivity contribution < 1.29 is 14.7 Å². The minimum Gasteiger partial charge on any atom is -0.481 e. The molecule has 3 unspecified atom stereocenters. The van der Waals surface area contributed by atoms with E-state index >= 15 is 0 Å². The number of hydrogen-bond donors (Lipinski definition) is 3. The van der Waals surface area contributed by atoms with Crippen LogP contribution in [0.25, 0.3) is 0 Å². The van der Waals surface area contributed by atoms with Crippen LogP contribution in [-0.4, -0.2) is 29.6 Å². The number of carbonyl (C=O) groups excluding carboxylic acids is 1. The van der Waals surface area contributed by atoms with Gasteiger partial charge >= 0.3 is 5.97 Å². The number of aliphatic carboxylic acids is 1. The molecule has 0 saturated heterocycles. The summed E-state index contributed by atoms with van der Waals surface area (Å²) in [6.45, 7) is 8.51. The van der Waals surface area contributed by atoms with E-state index in [1.54, 1.807) is 0 Å². The molecule has 5 heteroatoms. The third-order valence-corrected chi connectivity index (χ3v) is 4.02. The molecule has 0 fully saturated rings. The molecule has 0 aromatic carbocycles. The Bertz CT molecular complexity index is 307. The number of nitrogens with two attached hydrogens (primary N) is 1. The first kappa shape index (κ1) is 18.9. The molecule has 4 N–H and O–H groups in total. The Morgan fingerprint density at radius 1 is 1.20 bits per heavy atom. The molecule has 118 valence electrons. The Kier molecular flexibility index (Phi) is 9.21. The Balaban J connectivity index is 4.37. The summed E-state index contributed by atoms with van der Waals surface area (Å²) >= 11 is 0. The van der Waals surface area contributed by atoms with Gasteiger partial charge in [0.25, 0.3) is 0 Å². The summed E-state index contributed by atoms with van der Waals surface area (Å²) in [7, 11) is 0. The minimum atomic E-state index is -0.821. The van der Waals surface area contributed by atoms with Gasteiger partial charge in [0, 0.05) is 13.0 Å². The van der Waals surface area contributed by atoms with Crippen LogP contribution in [0.2, 0.25) is 0 Å². The number of carboxylic acids is 1. The summed E-state index contributed by atoms with van der Waals surface area (Å²) in [5.74, 6) is -0.449. The van der Waals surface area contributed by atoms with E-state index in [1.165, 1.54) is 0 Å². The maximum atomic E-state index is 11.9. The van der Waals surface area contributed by atoms with E-state index in [0.717, 1.165) is 19.3 Å². The van der Waals surface area contributed by atoms with Crippen LogP contribution in [0.3, 0.4) is 0 Å². The van der Waals surface area contributed by atoms with E-state index in [0.29, 0.717) is 12.5 Å². The molecule has 0 radical (unpaired) electrons. The highest BCUT2D eigenvalue weighted by Gasteiger charge is 2.22. The second-order valence-corrected chi connectivity index (χ2v) is 5.87. The molecule has 0 rings (SSSR count). The molecule has 4 atom stereocenters. The standard InChI is InChI=1S/C15H30N2O3/c1-5-10(3)7-12(8-13(18)19)9-17-15(20)14(16)11(4)6-2/h10-12,14H,5-9,16H2,1-4H3,(H,17,20)(H,18,19)/t10?,11?,12?,14-/m0/s1. The lowest BCUT2D eigenvalue weighted by Gasteiger charge is -2.22. The van der Waals surface area contributed by atoms with Gasteiger partial charge in [-0.15, -0.1) is 0 Å². The molecular weight excluding hydrogens is 256 g/mol. The van der Waals surface area contributed by atoms with Crippen LogP contribution in [0, 0.1) is 17.8 Å². The van der Waals surface area contributed by atoms with Crippen LogP contribution in [0.5, 0.6) is 0 Å². The third-order valence-electron chi connectivity index (χ3n) is 4.02. The van der Waals surface area contributed by atoms with Gasteiger partial charge in [-0.05, 0) is 24.2 Å². The van der Waals surface area contributed by atoms with E-state index in [4.69, 9.17) is 10.8 Å². The van der Waals surface area contributed by atoms with Crippen LogP contribution in [-0.2, 0) is 9.59 Å². The summed E-state index contributed by atoms with van der Waals surface area (Å²) in [5, 5.41) is 11.7. The topological polar surface area (TPSA) is 92.4 Å². The molecule has 5 nitrogen and oxygen atoms in total. The highest BCUT2D eigenvalue weighted by atomic mass is 16.4. The molecule has 0 aliphatic rings. The predicted molar refractivity (Wildman–Crippen MR) is 80.3 cm³/mol. The summed E-state index contributed by atoms with van der Waals surface area (Å²) < 4.78 is 0. The van der Waals surface area contributed by atoms with Gasteiger partial charge in [-0.3, -0.25) is 9.59 Å². The Hall–Kier alpha value is -1.10. The van der Waals surface area contributed by atoms with Crippen molar-refractivity contribution in [2.45, 2.75) is 59.4 Å². The summed E-state index contributed by atoms with van der Waals surface area (Å²) in [6, 6.07) is -0.519. The van der Waals surface area contributed by atoms with Crippen LogP contribution in [0.4, 0.5) is 0 Å². The molecule has 20 heavy (non-hydrogen) atoms. The molecule has 0 saturated carbocycles. The number of rotatable bonds is 10. The van der Waals surface area contributed by atoms with Gasteiger partial charge in [0.05, 0.1) is 6.04 Å². The second-order valence-electron chi connectivity index (χ2n) is 5.87. The van der Waals surface area contributed by atoms with E-state index in [1.807, 2.05) is 13.8 Å². The fraction of sp³-hybridized carbons (Fsp3) is 0.867. The van der Waals surface area contributed by atoms with E-state index in [2.05, 4.69) is 19.2 Å². The zero-order valence-electron chi connectivity index (χ0n) is 13.2. The number of amides is 1. The summed E-state index contributed by atoms with van der Waals surface area (Å²) in [6.07, 6.45) is 2.75. The molecular formula is C15H30N2O3. The summed E-state index contributed by atoms with van der Waals surface area (Å²) in [5.41, 5.74) is 5.86. The average molecular weight is 286 g/mol. The van der Waals surface area contributed by atoms with Gasteiger partial charge in [0.1, 0.15) is 0 Å². The monoisotopic (exact) mass is 286 g/mol. The lowest BCUT2D eigenvalue weighted by atomic mass is 9.91. The maximum Gasteiger partial charge on any atom is 0.303 e.